The van der Waals surface area contributed by atoms with E-state index in [-0.39, 0.29) is 28.4 Å². The summed E-state index contributed by atoms with van der Waals surface area (Å²) in [6.07, 6.45) is 1.24. The lowest BCUT2D eigenvalue weighted by Gasteiger charge is -2.30. The topological polar surface area (TPSA) is 63.7 Å². The Morgan fingerprint density at radius 1 is 1.52 bits per heavy atom. The molecule has 1 fully saturated rings. The van der Waals surface area contributed by atoms with E-state index in [1.165, 1.54) is 10.4 Å². The minimum Gasteiger partial charge on any atom is -0.466 e. The van der Waals surface area contributed by atoms with E-state index in [0.29, 0.717) is 23.7 Å². The summed E-state index contributed by atoms with van der Waals surface area (Å²) in [5, 5.41) is 0. The fourth-order valence-electron chi connectivity index (χ4n) is 2.25. The quantitative estimate of drug-likeness (QED) is 0.763. The van der Waals surface area contributed by atoms with Crippen LogP contribution in [0.2, 0.25) is 8.67 Å². The summed E-state index contributed by atoms with van der Waals surface area (Å²) in [4.78, 5) is 11.8. The number of carbonyl (C=O) groups excluding carboxylic acids is 1. The number of rotatable bonds is 4. The first kappa shape index (κ1) is 17.0. The molecule has 0 bridgehead atoms. The molecule has 0 aliphatic carbocycles. The maximum Gasteiger partial charge on any atom is 0.310 e. The van der Waals surface area contributed by atoms with E-state index >= 15 is 0 Å². The minimum atomic E-state index is -3.73. The fourth-order valence-corrected chi connectivity index (χ4v) is 5.89. The molecule has 0 amide bonds. The average Bonchev–Trinajstić information content (AvgIpc) is 2.79. The highest BCUT2D eigenvalue weighted by molar-refractivity contribution is 7.89. The SMILES string of the molecule is CCOC(=O)[C@H]1CCCN(S(=O)(=O)c2cc(Cl)sc2Cl)C1. The molecular formula is C12H15Cl2NO4S2. The Kier molecular flexibility index (Phi) is 5.54. The van der Waals surface area contributed by atoms with Crippen LogP contribution in [-0.2, 0) is 19.6 Å². The second-order valence-electron chi connectivity index (χ2n) is 4.64. The first-order valence-corrected chi connectivity index (χ1v) is 9.49. The molecule has 21 heavy (non-hydrogen) atoms. The minimum absolute atomic E-state index is 0.00340. The Morgan fingerprint density at radius 3 is 2.81 bits per heavy atom. The molecule has 2 heterocycles. The van der Waals surface area contributed by atoms with Gasteiger partial charge >= 0.3 is 5.97 Å². The molecule has 9 heteroatoms. The largest absolute Gasteiger partial charge is 0.466 e. The third kappa shape index (κ3) is 3.71. The van der Waals surface area contributed by atoms with Crippen LogP contribution in [0.1, 0.15) is 19.8 Å². The molecule has 1 aliphatic heterocycles. The van der Waals surface area contributed by atoms with Crippen LogP contribution >= 0.6 is 34.5 Å². The zero-order valence-electron chi connectivity index (χ0n) is 11.3. The average molecular weight is 372 g/mol. The van der Waals surface area contributed by atoms with Crippen molar-refractivity contribution in [1.82, 2.24) is 4.31 Å². The van der Waals surface area contributed by atoms with Gasteiger partial charge in [-0.15, -0.1) is 11.3 Å². The number of thiophene rings is 1. The summed E-state index contributed by atoms with van der Waals surface area (Å²) in [7, 11) is -3.73. The Labute approximate surface area is 137 Å². The molecule has 1 atom stereocenters. The van der Waals surface area contributed by atoms with Crippen molar-refractivity contribution in [2.75, 3.05) is 19.7 Å². The number of piperidine rings is 1. The van der Waals surface area contributed by atoms with E-state index in [2.05, 4.69) is 0 Å². The van der Waals surface area contributed by atoms with Crippen LogP contribution in [0.4, 0.5) is 0 Å². The van der Waals surface area contributed by atoms with E-state index in [9.17, 15) is 13.2 Å². The van der Waals surface area contributed by atoms with Gasteiger partial charge in [0.25, 0.3) is 0 Å². The summed E-state index contributed by atoms with van der Waals surface area (Å²) in [6.45, 7) is 2.49. The van der Waals surface area contributed by atoms with Gasteiger partial charge < -0.3 is 4.74 Å². The number of sulfonamides is 1. The molecule has 0 saturated carbocycles. The summed E-state index contributed by atoms with van der Waals surface area (Å²) < 4.78 is 31.9. The van der Waals surface area contributed by atoms with Crippen LogP contribution in [0.3, 0.4) is 0 Å². The van der Waals surface area contributed by atoms with Gasteiger partial charge in [-0.1, -0.05) is 23.2 Å². The number of ether oxygens (including phenoxy) is 1. The van der Waals surface area contributed by atoms with Crippen molar-refractivity contribution in [3.05, 3.63) is 14.7 Å². The van der Waals surface area contributed by atoms with Crippen LogP contribution in [0.25, 0.3) is 0 Å². The number of carbonyl (C=O) groups is 1. The van der Waals surface area contributed by atoms with Crippen molar-refractivity contribution in [2.45, 2.75) is 24.7 Å². The van der Waals surface area contributed by atoms with Crippen LogP contribution in [0.5, 0.6) is 0 Å². The fraction of sp³-hybridized carbons (Fsp3) is 0.583. The normalized spacial score (nSPS) is 20.4. The van der Waals surface area contributed by atoms with Gasteiger partial charge in [0.05, 0.1) is 16.9 Å². The molecule has 1 saturated heterocycles. The van der Waals surface area contributed by atoms with E-state index in [1.807, 2.05) is 0 Å². The van der Waals surface area contributed by atoms with E-state index in [0.717, 1.165) is 11.3 Å². The molecule has 0 N–H and O–H groups in total. The standard InChI is InChI=1S/C12H15Cl2NO4S2/c1-2-19-12(16)8-4-3-5-15(7-8)21(17,18)9-6-10(13)20-11(9)14/h6,8H,2-5,7H2,1H3/t8-/m0/s1. The number of halogens is 2. The van der Waals surface area contributed by atoms with Gasteiger partial charge in [-0.3, -0.25) is 4.79 Å². The molecular weight excluding hydrogens is 357 g/mol. The third-order valence-corrected chi connectivity index (χ3v) is 6.87. The first-order chi connectivity index (χ1) is 9.86. The number of esters is 1. The molecule has 0 radical (unpaired) electrons. The predicted molar refractivity (Wildman–Crippen MR) is 82.5 cm³/mol. The van der Waals surface area contributed by atoms with Crippen LogP contribution in [-0.4, -0.2) is 38.4 Å². The molecule has 118 valence electrons. The third-order valence-electron chi connectivity index (χ3n) is 3.25. The van der Waals surface area contributed by atoms with Crippen LogP contribution < -0.4 is 0 Å². The summed E-state index contributed by atoms with van der Waals surface area (Å²) in [5.74, 6) is -0.784. The van der Waals surface area contributed by atoms with Gasteiger partial charge in [0.2, 0.25) is 10.0 Å². The van der Waals surface area contributed by atoms with Gasteiger partial charge in [-0.2, -0.15) is 4.31 Å². The summed E-state index contributed by atoms with van der Waals surface area (Å²) in [5.41, 5.74) is 0. The van der Waals surface area contributed by atoms with Crippen molar-refractivity contribution in [1.29, 1.82) is 0 Å². The van der Waals surface area contributed by atoms with E-state index in [4.69, 9.17) is 27.9 Å². The smallest absolute Gasteiger partial charge is 0.310 e. The van der Waals surface area contributed by atoms with Gasteiger partial charge in [0.1, 0.15) is 9.23 Å². The molecule has 5 nitrogen and oxygen atoms in total. The number of hydrogen-bond acceptors (Lipinski definition) is 5. The Hall–Kier alpha value is -0.340. The monoisotopic (exact) mass is 371 g/mol. The summed E-state index contributed by atoms with van der Waals surface area (Å²) >= 11 is 12.8. The van der Waals surface area contributed by atoms with Crippen molar-refractivity contribution >= 4 is 50.5 Å². The van der Waals surface area contributed by atoms with Gasteiger partial charge in [-0.05, 0) is 25.8 Å². The van der Waals surface area contributed by atoms with Crippen molar-refractivity contribution in [2.24, 2.45) is 5.92 Å². The molecule has 0 spiro atoms. The molecule has 2 rings (SSSR count). The first-order valence-electron chi connectivity index (χ1n) is 6.48. The van der Waals surface area contributed by atoms with Gasteiger partial charge in [0, 0.05) is 13.1 Å². The summed E-state index contributed by atoms with van der Waals surface area (Å²) in [6, 6.07) is 1.35. The lowest BCUT2D eigenvalue weighted by Crippen LogP contribution is -2.42. The predicted octanol–water partition coefficient (Wildman–Crippen LogP) is 3.02. The number of nitrogens with zero attached hydrogens (tertiary/aromatic N) is 1. The van der Waals surface area contributed by atoms with Gasteiger partial charge in [0.15, 0.2) is 0 Å². The highest BCUT2D eigenvalue weighted by Gasteiger charge is 2.35. The Bertz CT molecular complexity index is 629. The molecule has 1 aromatic heterocycles. The second kappa shape index (κ2) is 6.83. The zero-order chi connectivity index (χ0) is 15.6. The molecule has 1 aliphatic rings. The van der Waals surface area contributed by atoms with E-state index in [1.54, 1.807) is 6.92 Å². The van der Waals surface area contributed by atoms with Crippen LogP contribution in [0, 0.1) is 5.92 Å². The highest BCUT2D eigenvalue weighted by atomic mass is 35.5. The number of hydrogen-bond donors (Lipinski definition) is 0. The van der Waals surface area contributed by atoms with Gasteiger partial charge in [-0.25, -0.2) is 8.42 Å². The lowest BCUT2D eigenvalue weighted by molar-refractivity contribution is -0.149. The lowest BCUT2D eigenvalue weighted by atomic mass is 10.0. The molecule has 0 unspecified atom stereocenters. The highest BCUT2D eigenvalue weighted by Crippen LogP contribution is 2.36. The molecule has 1 aromatic rings. The Balaban J connectivity index is 2.20. The zero-order valence-corrected chi connectivity index (χ0v) is 14.5. The van der Waals surface area contributed by atoms with E-state index < -0.39 is 15.9 Å². The van der Waals surface area contributed by atoms with Crippen molar-refractivity contribution in [3.8, 4) is 0 Å². The molecule has 0 aromatic carbocycles. The maximum absolute atomic E-state index is 12.6. The maximum atomic E-state index is 12.6. The second-order valence-corrected chi connectivity index (χ2v) is 8.83. The van der Waals surface area contributed by atoms with Crippen molar-refractivity contribution < 1.29 is 17.9 Å². The van der Waals surface area contributed by atoms with Crippen LogP contribution in [0.15, 0.2) is 11.0 Å². The Morgan fingerprint density at radius 2 is 2.24 bits per heavy atom. The van der Waals surface area contributed by atoms with Crippen molar-refractivity contribution in [3.63, 3.8) is 0 Å².